The largest absolute Gasteiger partial charge is 0.391 e. The molecule has 1 aromatic carbocycles. The summed E-state index contributed by atoms with van der Waals surface area (Å²) in [5.74, 6) is -0.183. The van der Waals surface area contributed by atoms with Crippen LogP contribution in [0, 0.1) is 0 Å². The van der Waals surface area contributed by atoms with Gasteiger partial charge >= 0.3 is 0 Å². The maximum atomic E-state index is 12.1. The number of hydrogen-bond donors (Lipinski definition) is 3. The molecule has 2 rings (SSSR count). The monoisotopic (exact) mass is 348 g/mol. The van der Waals surface area contributed by atoms with Crippen molar-refractivity contribution in [2.24, 2.45) is 0 Å². The molecule has 25 heavy (non-hydrogen) atoms. The standard InChI is InChI=1S/C20H32N2O3/c1-2-3-4-5-6-7-14-25-15-16-8-10-17(11-9-16)22-20(24)19-18(23)12-13-21-19/h8-11,18-19,21,23H,2-7,12-15H2,1H3,(H,22,24)/t18-,19-/m0/s1. The number of nitrogens with one attached hydrogen (secondary N) is 2. The summed E-state index contributed by atoms with van der Waals surface area (Å²) in [6, 6.07) is 7.18. The molecule has 0 bridgehead atoms. The van der Waals surface area contributed by atoms with Crippen molar-refractivity contribution in [1.29, 1.82) is 0 Å². The Balaban J connectivity index is 1.62. The van der Waals surface area contributed by atoms with E-state index in [-0.39, 0.29) is 5.91 Å². The van der Waals surface area contributed by atoms with Crippen LogP contribution in [0.3, 0.4) is 0 Å². The van der Waals surface area contributed by atoms with E-state index in [1.807, 2.05) is 24.3 Å². The molecule has 0 aliphatic carbocycles. The van der Waals surface area contributed by atoms with Crippen LogP contribution in [0.2, 0.25) is 0 Å². The maximum absolute atomic E-state index is 12.1. The van der Waals surface area contributed by atoms with Crippen LogP contribution in [-0.2, 0) is 16.1 Å². The summed E-state index contributed by atoms with van der Waals surface area (Å²) in [5, 5.41) is 15.6. The summed E-state index contributed by atoms with van der Waals surface area (Å²) < 4.78 is 5.71. The minimum atomic E-state index is -0.602. The van der Waals surface area contributed by atoms with Crippen molar-refractivity contribution in [2.75, 3.05) is 18.5 Å². The van der Waals surface area contributed by atoms with Crippen LogP contribution in [0.5, 0.6) is 0 Å². The summed E-state index contributed by atoms with van der Waals surface area (Å²) in [6.45, 7) is 4.31. The Kier molecular flexibility index (Phi) is 8.94. The molecule has 3 N–H and O–H groups in total. The second kappa shape index (κ2) is 11.2. The predicted molar refractivity (Wildman–Crippen MR) is 101 cm³/mol. The first-order valence-corrected chi connectivity index (χ1v) is 9.59. The lowest BCUT2D eigenvalue weighted by molar-refractivity contribution is -0.119. The molecule has 0 aromatic heterocycles. The average molecular weight is 348 g/mol. The summed E-state index contributed by atoms with van der Waals surface area (Å²) >= 11 is 0. The normalized spacial score (nSPS) is 19.9. The molecule has 1 aromatic rings. The number of benzene rings is 1. The van der Waals surface area contributed by atoms with Crippen LogP contribution in [0.25, 0.3) is 0 Å². The number of amides is 1. The first-order chi connectivity index (χ1) is 12.2. The molecule has 1 amide bonds. The fourth-order valence-corrected chi connectivity index (χ4v) is 3.04. The first-order valence-electron chi connectivity index (χ1n) is 9.59. The molecule has 1 aliphatic rings. The van der Waals surface area contributed by atoms with Gasteiger partial charge in [0.2, 0.25) is 5.91 Å². The molecule has 0 saturated carbocycles. The third-order valence-corrected chi connectivity index (χ3v) is 4.60. The van der Waals surface area contributed by atoms with Gasteiger partial charge in [-0.15, -0.1) is 0 Å². The number of anilines is 1. The SMILES string of the molecule is CCCCCCCCOCc1ccc(NC(=O)[C@H]2NCC[C@@H]2O)cc1. The van der Waals surface area contributed by atoms with Gasteiger partial charge in [0.15, 0.2) is 0 Å². The summed E-state index contributed by atoms with van der Waals surface area (Å²) in [4.78, 5) is 12.1. The van der Waals surface area contributed by atoms with Crippen LogP contribution in [0.4, 0.5) is 5.69 Å². The van der Waals surface area contributed by atoms with E-state index < -0.39 is 12.1 Å². The smallest absolute Gasteiger partial charge is 0.244 e. The van der Waals surface area contributed by atoms with E-state index in [1.165, 1.54) is 32.1 Å². The molecule has 1 aliphatic heterocycles. The second-order valence-corrected chi connectivity index (χ2v) is 6.79. The molecule has 1 fully saturated rings. The Morgan fingerprint density at radius 3 is 2.60 bits per heavy atom. The third-order valence-electron chi connectivity index (χ3n) is 4.60. The molecule has 140 valence electrons. The molecule has 1 saturated heterocycles. The summed E-state index contributed by atoms with van der Waals surface area (Å²) in [7, 11) is 0. The summed E-state index contributed by atoms with van der Waals surface area (Å²) in [6.07, 6.45) is 7.63. The Hall–Kier alpha value is -1.43. The van der Waals surface area contributed by atoms with Crippen LogP contribution < -0.4 is 10.6 Å². The minimum absolute atomic E-state index is 0.183. The molecule has 5 heteroatoms. The Bertz CT molecular complexity index is 504. The van der Waals surface area contributed by atoms with E-state index in [1.54, 1.807) is 0 Å². The molecule has 0 spiro atoms. The van der Waals surface area contributed by atoms with E-state index in [0.29, 0.717) is 19.6 Å². The maximum Gasteiger partial charge on any atom is 0.244 e. The van der Waals surface area contributed by atoms with Crippen LogP contribution in [-0.4, -0.2) is 36.3 Å². The average Bonchev–Trinajstić information content (AvgIpc) is 3.05. The molecular weight excluding hydrogens is 316 g/mol. The predicted octanol–water partition coefficient (Wildman–Crippen LogP) is 3.23. The highest BCUT2D eigenvalue weighted by atomic mass is 16.5. The van der Waals surface area contributed by atoms with E-state index in [2.05, 4.69) is 17.6 Å². The molecule has 0 radical (unpaired) electrons. The van der Waals surface area contributed by atoms with Gasteiger partial charge in [-0.25, -0.2) is 0 Å². The van der Waals surface area contributed by atoms with E-state index >= 15 is 0 Å². The number of rotatable bonds is 11. The van der Waals surface area contributed by atoms with E-state index in [9.17, 15) is 9.90 Å². The molecular formula is C20H32N2O3. The van der Waals surface area contributed by atoms with Crippen molar-refractivity contribution in [3.63, 3.8) is 0 Å². The molecule has 1 heterocycles. The molecule has 5 nitrogen and oxygen atoms in total. The van der Waals surface area contributed by atoms with Gasteiger partial charge in [-0.05, 0) is 37.1 Å². The number of ether oxygens (including phenoxy) is 1. The van der Waals surface area contributed by atoms with Gasteiger partial charge in [0.25, 0.3) is 0 Å². The highest BCUT2D eigenvalue weighted by Crippen LogP contribution is 2.14. The fourth-order valence-electron chi connectivity index (χ4n) is 3.04. The zero-order valence-electron chi connectivity index (χ0n) is 15.3. The lowest BCUT2D eigenvalue weighted by Crippen LogP contribution is -2.42. The second-order valence-electron chi connectivity index (χ2n) is 6.79. The Labute approximate surface area is 151 Å². The highest BCUT2D eigenvalue weighted by Gasteiger charge is 2.30. The quantitative estimate of drug-likeness (QED) is 0.537. The first kappa shape index (κ1) is 19.9. The number of aliphatic hydroxyl groups excluding tert-OH is 1. The molecule has 2 atom stereocenters. The lowest BCUT2D eigenvalue weighted by Gasteiger charge is -2.15. The lowest BCUT2D eigenvalue weighted by atomic mass is 10.1. The van der Waals surface area contributed by atoms with E-state index in [0.717, 1.165) is 24.3 Å². The van der Waals surface area contributed by atoms with Crippen molar-refractivity contribution < 1.29 is 14.6 Å². The number of carbonyl (C=O) groups excluding carboxylic acids is 1. The van der Waals surface area contributed by atoms with Gasteiger partial charge in [-0.3, -0.25) is 4.79 Å². The third kappa shape index (κ3) is 7.14. The number of hydrogen-bond acceptors (Lipinski definition) is 4. The highest BCUT2D eigenvalue weighted by molar-refractivity contribution is 5.95. The van der Waals surface area contributed by atoms with Gasteiger partial charge < -0.3 is 20.5 Å². The van der Waals surface area contributed by atoms with Crippen molar-refractivity contribution >= 4 is 11.6 Å². The van der Waals surface area contributed by atoms with Crippen molar-refractivity contribution in [1.82, 2.24) is 5.32 Å². The van der Waals surface area contributed by atoms with Gasteiger partial charge in [0.1, 0.15) is 6.04 Å². The van der Waals surface area contributed by atoms with Gasteiger partial charge in [-0.2, -0.15) is 0 Å². The Morgan fingerprint density at radius 1 is 1.20 bits per heavy atom. The topological polar surface area (TPSA) is 70.6 Å². The van der Waals surface area contributed by atoms with Crippen molar-refractivity contribution in [2.45, 2.75) is 70.6 Å². The summed E-state index contributed by atoms with van der Waals surface area (Å²) in [5.41, 5.74) is 1.84. The zero-order valence-corrected chi connectivity index (χ0v) is 15.3. The molecule has 0 unspecified atom stereocenters. The van der Waals surface area contributed by atoms with Crippen molar-refractivity contribution in [3.05, 3.63) is 29.8 Å². The van der Waals surface area contributed by atoms with Gasteiger partial charge in [0, 0.05) is 12.3 Å². The van der Waals surface area contributed by atoms with Crippen LogP contribution >= 0.6 is 0 Å². The minimum Gasteiger partial charge on any atom is -0.391 e. The van der Waals surface area contributed by atoms with Gasteiger partial charge in [0.05, 0.1) is 12.7 Å². The zero-order chi connectivity index (χ0) is 17.9. The number of aliphatic hydroxyl groups is 1. The van der Waals surface area contributed by atoms with Crippen LogP contribution in [0.15, 0.2) is 24.3 Å². The van der Waals surface area contributed by atoms with Crippen LogP contribution in [0.1, 0.15) is 57.4 Å². The van der Waals surface area contributed by atoms with E-state index in [4.69, 9.17) is 4.74 Å². The Morgan fingerprint density at radius 2 is 1.92 bits per heavy atom. The number of unbranched alkanes of at least 4 members (excludes halogenated alkanes) is 5. The fraction of sp³-hybridized carbons (Fsp3) is 0.650. The number of carbonyl (C=O) groups is 1. The van der Waals surface area contributed by atoms with Crippen molar-refractivity contribution in [3.8, 4) is 0 Å². The van der Waals surface area contributed by atoms with Gasteiger partial charge in [-0.1, -0.05) is 51.2 Å².